The quantitative estimate of drug-likeness (QED) is 0.0534. The van der Waals surface area contributed by atoms with Gasteiger partial charge in [-0.15, -0.1) is 0 Å². The highest BCUT2D eigenvalue weighted by Crippen LogP contribution is 2.37. The molecular weight excluding hydrogens is 1070 g/mol. The van der Waals surface area contributed by atoms with E-state index in [1.807, 2.05) is 132 Å². The van der Waals surface area contributed by atoms with Crippen LogP contribution in [0, 0.1) is 25.7 Å². The molecule has 78 heavy (non-hydrogen) atoms. The molecule has 4 heterocycles. The number of pyridine rings is 2. The summed E-state index contributed by atoms with van der Waals surface area (Å²) in [6, 6.07) is 26.5. The number of benzene rings is 4. The largest absolute Gasteiger partial charge is 0.463 e. The number of hydrogen-bond donors (Lipinski definition) is 5. The van der Waals surface area contributed by atoms with Crippen molar-refractivity contribution < 1.29 is 58.4 Å². The first-order chi connectivity index (χ1) is 36.6. The summed E-state index contributed by atoms with van der Waals surface area (Å²) < 4.78 is 36.1. The topological polar surface area (TPSA) is 232 Å². The van der Waals surface area contributed by atoms with Gasteiger partial charge in [-0.25, -0.2) is 0 Å². The van der Waals surface area contributed by atoms with Crippen LogP contribution in [-0.2, 0) is 35.1 Å². The number of likely N-dealkylation sites (N-methyl/N-ethyl adjacent to an activating group) is 1. The van der Waals surface area contributed by atoms with Gasteiger partial charge in [-0.3, -0.25) is 19.2 Å². The Bertz CT molecular complexity index is 3070. The van der Waals surface area contributed by atoms with E-state index in [2.05, 4.69) is 39.9 Å². The number of aromatic amines is 1. The van der Waals surface area contributed by atoms with Gasteiger partial charge >= 0.3 is 11.9 Å². The van der Waals surface area contributed by atoms with Crippen molar-refractivity contribution in [3.63, 3.8) is 0 Å². The first kappa shape index (κ1) is 62.8. The summed E-state index contributed by atoms with van der Waals surface area (Å²) >= 11 is 3.31. The molecule has 2 fully saturated rings. The summed E-state index contributed by atoms with van der Waals surface area (Å²) in [4.78, 5) is 55.3. The summed E-state index contributed by atoms with van der Waals surface area (Å²) in [7, 11) is 8.05. The number of esters is 2. The molecule has 18 nitrogen and oxygen atoms in total. The maximum atomic E-state index is 13.0. The number of halogens is 1. The van der Waals surface area contributed by atoms with Crippen LogP contribution in [0.2, 0.25) is 0 Å². The number of aryl methyl sites for hydroxylation is 2. The van der Waals surface area contributed by atoms with Crippen molar-refractivity contribution in [2.45, 2.75) is 105 Å². The van der Waals surface area contributed by atoms with Gasteiger partial charge in [-0.2, -0.15) is 0 Å². The number of H-pyrrole nitrogens is 1. The molecule has 0 bridgehead atoms. The molecule has 6 aromatic rings. The molecule has 2 saturated heterocycles. The molecule has 2 aliphatic heterocycles. The molecular formula is C59H77BrN4O14. The molecule has 4 aromatic carbocycles. The Kier molecular flexibility index (Phi) is 23.2. The Labute approximate surface area is 464 Å². The van der Waals surface area contributed by atoms with Crippen molar-refractivity contribution >= 4 is 49.4 Å². The fourth-order valence-electron chi connectivity index (χ4n) is 8.91. The van der Waals surface area contributed by atoms with E-state index in [1.54, 1.807) is 16.8 Å². The fraction of sp³-hybridized carbons (Fsp3) is 0.458. The van der Waals surface area contributed by atoms with Crippen molar-refractivity contribution in [1.29, 1.82) is 0 Å². The van der Waals surface area contributed by atoms with E-state index in [9.17, 15) is 39.6 Å². The lowest BCUT2D eigenvalue weighted by Crippen LogP contribution is -2.60. The molecule has 0 aliphatic carbocycles. The second kappa shape index (κ2) is 28.8. The van der Waals surface area contributed by atoms with E-state index < -0.39 is 61.8 Å². The third-order valence-corrected chi connectivity index (χ3v) is 14.0. The number of alkyl halides is 1. The monoisotopic (exact) mass is 1140 g/mol. The van der Waals surface area contributed by atoms with Gasteiger partial charge in [0.25, 0.3) is 11.1 Å². The zero-order valence-electron chi connectivity index (χ0n) is 45.3. The van der Waals surface area contributed by atoms with Gasteiger partial charge in [0, 0.05) is 67.9 Å². The lowest BCUT2D eigenvalue weighted by molar-refractivity contribution is -0.277. The minimum atomic E-state index is -1.51. The van der Waals surface area contributed by atoms with Crippen molar-refractivity contribution in [1.82, 2.24) is 19.4 Å². The zero-order valence-corrected chi connectivity index (χ0v) is 46.9. The standard InChI is InChI=1S/C28H31NO7.C26H32N2O7.C4H10BrN.CH4/c1-15-12-21(22-7-6-20-10-11-29-27(32)23(20)13-22)8-9-24(15)35-28-26(34-19(5)31)17(3)16(2)25(36-28)14-33-18(4)30;1-15-12-17(6-7-20(15)34-26-24(32)23(31)22(30)21(14-29)35-26)18-5-4-16-8-9-28(11-10-27(2)3)25(33)19(16)13-18;1-6(2)4-3-5;/h6-13,16-17,25-26,28H,14H2,1-5H3,(H,29,32);4-9,12-13,21-24,26,29-32H,10-11,14H2,1-3H3;3-4H2,1-2H3;1H4. The normalized spacial score (nSPS) is 22.8. The van der Waals surface area contributed by atoms with Crippen LogP contribution in [-0.4, -0.2) is 161 Å². The van der Waals surface area contributed by atoms with Crippen LogP contribution in [0.1, 0.15) is 46.2 Å². The van der Waals surface area contributed by atoms with Gasteiger partial charge in [-0.05, 0) is 141 Å². The van der Waals surface area contributed by atoms with Crippen LogP contribution >= 0.6 is 15.9 Å². The van der Waals surface area contributed by atoms with Crippen LogP contribution in [0.5, 0.6) is 11.5 Å². The van der Waals surface area contributed by atoms with Crippen molar-refractivity contribution in [2.75, 3.05) is 59.8 Å². The molecule has 0 radical (unpaired) electrons. The van der Waals surface area contributed by atoms with Crippen LogP contribution < -0.4 is 20.6 Å². The molecule has 10 atom stereocenters. The number of carbonyl (C=O) groups excluding carboxylic acids is 2. The summed E-state index contributed by atoms with van der Waals surface area (Å²) in [5.74, 6) is 0.0576. The Balaban J connectivity index is 0.000000257. The average Bonchev–Trinajstić information content (AvgIpc) is 3.42. The minimum Gasteiger partial charge on any atom is -0.463 e. The molecule has 0 spiro atoms. The van der Waals surface area contributed by atoms with Crippen LogP contribution in [0.25, 0.3) is 43.8 Å². The average molecular weight is 1150 g/mol. The maximum absolute atomic E-state index is 13.0. The number of hydrogen-bond acceptors (Lipinski definition) is 16. The number of aliphatic hydroxyl groups is 4. The number of ether oxygens (including phenoxy) is 6. The Morgan fingerprint density at radius 2 is 1.22 bits per heavy atom. The highest BCUT2D eigenvalue weighted by molar-refractivity contribution is 9.09. The second-order valence-electron chi connectivity index (χ2n) is 20.1. The fourth-order valence-corrected chi connectivity index (χ4v) is 9.62. The summed E-state index contributed by atoms with van der Waals surface area (Å²) in [5.41, 5.74) is 5.02. The molecule has 19 heteroatoms. The molecule has 0 saturated carbocycles. The predicted molar refractivity (Wildman–Crippen MR) is 305 cm³/mol. The smallest absolute Gasteiger partial charge is 0.303 e. The van der Waals surface area contributed by atoms with Gasteiger partial charge in [0.05, 0.1) is 12.7 Å². The third-order valence-electron chi connectivity index (χ3n) is 13.7. The van der Waals surface area contributed by atoms with Crippen LogP contribution in [0.15, 0.2) is 107 Å². The number of nitrogens with one attached hydrogen (secondary N) is 1. The van der Waals surface area contributed by atoms with E-state index in [-0.39, 0.29) is 43.0 Å². The number of aliphatic hydroxyl groups excluding tert-OH is 4. The summed E-state index contributed by atoms with van der Waals surface area (Å²) in [6.07, 6.45) is -5.18. The molecule has 2 aromatic heterocycles. The molecule has 424 valence electrons. The first-order valence-electron chi connectivity index (χ1n) is 25.5. The number of rotatable bonds is 15. The number of aromatic nitrogens is 2. The van der Waals surface area contributed by atoms with Crippen molar-refractivity contribution in [3.8, 4) is 33.8 Å². The highest BCUT2D eigenvalue weighted by Gasteiger charge is 2.46. The Morgan fingerprint density at radius 3 is 1.74 bits per heavy atom. The van der Waals surface area contributed by atoms with Gasteiger partial charge in [0.2, 0.25) is 12.6 Å². The van der Waals surface area contributed by atoms with Crippen molar-refractivity contribution in [2.24, 2.45) is 11.8 Å². The van der Waals surface area contributed by atoms with E-state index in [4.69, 9.17) is 28.4 Å². The number of nitrogens with zero attached hydrogens (tertiary/aromatic N) is 3. The van der Waals surface area contributed by atoms with Gasteiger partial charge in [0.15, 0.2) is 6.10 Å². The molecule has 5 N–H and O–H groups in total. The highest BCUT2D eigenvalue weighted by atomic mass is 79.9. The third kappa shape index (κ3) is 16.1. The number of carbonyl (C=O) groups is 2. The van der Waals surface area contributed by atoms with Crippen LogP contribution in [0.4, 0.5) is 0 Å². The SMILES string of the molecule is C.CC(=O)OCC1OC(Oc2ccc(-c3ccc4cc[nH]c(=O)c4c3)cc2C)C(OC(C)=O)C(C)C1C.CN(C)CCBr.Cc1cc(-c2ccc3ccn(CCN(C)C)c(=O)c3c2)ccc1OC1OC(CO)C(O)C(O)C1O. The van der Waals surface area contributed by atoms with E-state index in [1.165, 1.54) is 13.8 Å². The van der Waals surface area contributed by atoms with E-state index >= 15 is 0 Å². The molecule has 10 unspecified atom stereocenters. The van der Waals surface area contributed by atoms with E-state index in [0.29, 0.717) is 28.8 Å². The molecule has 8 rings (SSSR count). The number of fused-ring (bicyclic) bond motifs is 2. The van der Waals surface area contributed by atoms with Crippen molar-refractivity contribution in [3.05, 3.63) is 129 Å². The molecule has 2 aliphatic rings. The van der Waals surface area contributed by atoms with E-state index in [0.717, 1.165) is 62.6 Å². The first-order valence-corrected chi connectivity index (χ1v) is 26.6. The summed E-state index contributed by atoms with van der Waals surface area (Å²) in [6.45, 7) is 12.5. The lowest BCUT2D eigenvalue weighted by Gasteiger charge is -2.43. The van der Waals surface area contributed by atoms with Gasteiger partial charge in [0.1, 0.15) is 42.5 Å². The minimum absolute atomic E-state index is 0. The van der Waals surface area contributed by atoms with Crippen LogP contribution in [0.3, 0.4) is 0 Å². The van der Waals surface area contributed by atoms with Gasteiger partial charge in [-0.1, -0.05) is 73.6 Å². The Hall–Kier alpha value is -6.00. The van der Waals surface area contributed by atoms with Gasteiger partial charge < -0.3 is 68.2 Å². The maximum Gasteiger partial charge on any atom is 0.303 e. The predicted octanol–water partition coefficient (Wildman–Crippen LogP) is 6.67. The Morgan fingerprint density at radius 1 is 0.679 bits per heavy atom. The second-order valence-corrected chi connectivity index (χ2v) is 20.8. The molecule has 0 amide bonds. The summed E-state index contributed by atoms with van der Waals surface area (Å²) in [5, 5.41) is 43.6. The lowest BCUT2D eigenvalue weighted by atomic mass is 9.83. The zero-order chi connectivity index (χ0) is 56.2.